The molecule has 1 aromatic carbocycles. The van der Waals surface area contributed by atoms with Gasteiger partial charge >= 0.3 is 0 Å². The van der Waals surface area contributed by atoms with E-state index in [1.165, 1.54) is 24.3 Å². The number of aromatic nitrogens is 1. The molecule has 7 heteroatoms. The lowest BCUT2D eigenvalue weighted by Gasteiger charge is -2.07. The number of aryl methyl sites for hydroxylation is 2. The first-order chi connectivity index (χ1) is 10.5. The Hall–Kier alpha value is -2.70. The van der Waals surface area contributed by atoms with Crippen LogP contribution in [0.15, 0.2) is 28.8 Å². The van der Waals surface area contributed by atoms with E-state index in [-0.39, 0.29) is 17.9 Å². The molecule has 0 aliphatic carbocycles. The van der Waals surface area contributed by atoms with Crippen LogP contribution in [-0.2, 0) is 11.2 Å². The van der Waals surface area contributed by atoms with E-state index < -0.39 is 11.7 Å². The van der Waals surface area contributed by atoms with Gasteiger partial charge in [0.1, 0.15) is 11.6 Å². The summed E-state index contributed by atoms with van der Waals surface area (Å²) in [6.45, 7) is 3.57. The molecule has 0 spiro atoms. The van der Waals surface area contributed by atoms with Crippen molar-refractivity contribution in [2.75, 3.05) is 0 Å². The van der Waals surface area contributed by atoms with Gasteiger partial charge in [-0.2, -0.15) is 0 Å². The fourth-order valence-corrected chi connectivity index (χ4v) is 2.00. The monoisotopic (exact) mass is 305 g/mol. The van der Waals surface area contributed by atoms with Crippen LogP contribution in [-0.4, -0.2) is 17.0 Å². The lowest BCUT2D eigenvalue weighted by atomic mass is 10.1. The fraction of sp³-hybridized carbons (Fsp3) is 0.267. The second-order valence-corrected chi connectivity index (χ2v) is 4.78. The minimum absolute atomic E-state index is 0.131. The van der Waals surface area contributed by atoms with Crippen LogP contribution in [0.3, 0.4) is 0 Å². The van der Waals surface area contributed by atoms with E-state index in [2.05, 4.69) is 16.0 Å². The lowest BCUT2D eigenvalue weighted by molar-refractivity contribution is -0.121. The number of nitrogens with zero attached hydrogens (tertiary/aromatic N) is 1. The highest BCUT2D eigenvalue weighted by Crippen LogP contribution is 2.14. The first kappa shape index (κ1) is 15.7. The molecule has 0 aliphatic heterocycles. The lowest BCUT2D eigenvalue weighted by Crippen LogP contribution is -2.42. The van der Waals surface area contributed by atoms with Crippen LogP contribution < -0.4 is 10.9 Å². The van der Waals surface area contributed by atoms with Crippen molar-refractivity contribution in [3.05, 3.63) is 52.7 Å². The highest BCUT2D eigenvalue weighted by Gasteiger charge is 2.13. The maximum atomic E-state index is 13.4. The molecule has 2 amide bonds. The predicted molar refractivity (Wildman–Crippen MR) is 76.3 cm³/mol. The Kier molecular flexibility index (Phi) is 4.88. The molecule has 2 N–H and O–H groups in total. The minimum Gasteiger partial charge on any atom is -0.361 e. The van der Waals surface area contributed by atoms with Crippen molar-refractivity contribution in [3.8, 4) is 0 Å². The standard InChI is InChI=1S/C15H16FN3O3/c1-9-11(10(2)22-19-9)7-8-14(20)17-18-15(21)12-5-3-4-6-13(12)16/h3-6H,7-8H2,1-2H3,(H,17,20)(H,18,21). The Labute approximate surface area is 126 Å². The summed E-state index contributed by atoms with van der Waals surface area (Å²) in [5, 5.41) is 3.80. The maximum absolute atomic E-state index is 13.4. The Morgan fingerprint density at radius 2 is 1.95 bits per heavy atom. The van der Waals surface area contributed by atoms with Crippen LogP contribution in [0, 0.1) is 19.7 Å². The van der Waals surface area contributed by atoms with E-state index in [1.54, 1.807) is 13.8 Å². The molecule has 0 unspecified atom stereocenters. The molecule has 0 saturated carbocycles. The summed E-state index contributed by atoms with van der Waals surface area (Å²) in [6.07, 6.45) is 0.600. The summed E-state index contributed by atoms with van der Waals surface area (Å²) in [7, 11) is 0. The van der Waals surface area contributed by atoms with Crippen molar-refractivity contribution in [1.82, 2.24) is 16.0 Å². The molecule has 2 aromatic rings. The third-order valence-electron chi connectivity index (χ3n) is 3.22. The maximum Gasteiger partial charge on any atom is 0.272 e. The van der Waals surface area contributed by atoms with Crippen molar-refractivity contribution in [2.45, 2.75) is 26.7 Å². The minimum atomic E-state index is -0.705. The number of hydrogen-bond donors (Lipinski definition) is 2. The quantitative estimate of drug-likeness (QED) is 0.844. The van der Waals surface area contributed by atoms with Crippen LogP contribution in [0.25, 0.3) is 0 Å². The average molecular weight is 305 g/mol. The second-order valence-electron chi connectivity index (χ2n) is 4.78. The molecule has 2 rings (SSSR count). The summed E-state index contributed by atoms with van der Waals surface area (Å²) in [5.41, 5.74) is 5.91. The van der Waals surface area contributed by atoms with Gasteiger partial charge < -0.3 is 4.52 Å². The normalized spacial score (nSPS) is 10.3. The van der Waals surface area contributed by atoms with E-state index in [0.29, 0.717) is 12.2 Å². The number of halogens is 1. The zero-order chi connectivity index (χ0) is 16.1. The van der Waals surface area contributed by atoms with Gasteiger partial charge in [-0.1, -0.05) is 17.3 Å². The van der Waals surface area contributed by atoms with Crippen LogP contribution in [0.4, 0.5) is 4.39 Å². The SMILES string of the molecule is Cc1noc(C)c1CCC(=O)NNC(=O)c1ccccc1F. The van der Waals surface area contributed by atoms with Crippen LogP contribution in [0.1, 0.15) is 33.8 Å². The molecule has 0 atom stereocenters. The van der Waals surface area contributed by atoms with Crippen molar-refractivity contribution in [2.24, 2.45) is 0 Å². The van der Waals surface area contributed by atoms with Crippen LogP contribution in [0.5, 0.6) is 0 Å². The summed E-state index contributed by atoms with van der Waals surface area (Å²) >= 11 is 0. The average Bonchev–Trinajstić information content (AvgIpc) is 2.82. The summed E-state index contributed by atoms with van der Waals surface area (Å²) in [6, 6.07) is 5.53. The van der Waals surface area contributed by atoms with E-state index in [0.717, 1.165) is 11.3 Å². The van der Waals surface area contributed by atoms with Gasteiger partial charge in [-0.15, -0.1) is 0 Å². The van der Waals surface area contributed by atoms with Gasteiger partial charge in [0.2, 0.25) is 5.91 Å². The number of hydrogen-bond acceptors (Lipinski definition) is 4. The van der Waals surface area contributed by atoms with E-state index in [4.69, 9.17) is 4.52 Å². The Balaban J connectivity index is 1.83. The van der Waals surface area contributed by atoms with E-state index in [9.17, 15) is 14.0 Å². The molecule has 22 heavy (non-hydrogen) atoms. The van der Waals surface area contributed by atoms with Crippen LogP contribution in [0.2, 0.25) is 0 Å². The molecular formula is C15H16FN3O3. The zero-order valence-corrected chi connectivity index (χ0v) is 12.3. The molecule has 1 heterocycles. The Bertz CT molecular complexity index is 678. The van der Waals surface area contributed by atoms with Gasteiger partial charge in [-0.25, -0.2) is 4.39 Å². The highest BCUT2D eigenvalue weighted by atomic mass is 19.1. The number of amides is 2. The summed E-state index contributed by atoms with van der Waals surface area (Å²) < 4.78 is 18.4. The molecule has 0 radical (unpaired) electrons. The van der Waals surface area contributed by atoms with Gasteiger partial charge in [0.25, 0.3) is 5.91 Å². The third kappa shape index (κ3) is 3.69. The summed E-state index contributed by atoms with van der Waals surface area (Å²) in [5.74, 6) is -1.07. The number of rotatable bonds is 4. The molecule has 1 aromatic heterocycles. The van der Waals surface area contributed by atoms with Crippen molar-refractivity contribution in [3.63, 3.8) is 0 Å². The first-order valence-electron chi connectivity index (χ1n) is 6.74. The van der Waals surface area contributed by atoms with Gasteiger partial charge in [-0.05, 0) is 32.4 Å². The van der Waals surface area contributed by atoms with E-state index >= 15 is 0 Å². The molecule has 116 valence electrons. The van der Waals surface area contributed by atoms with Crippen LogP contribution >= 0.6 is 0 Å². The predicted octanol–water partition coefficient (Wildman–Crippen LogP) is 1.82. The molecule has 6 nitrogen and oxygen atoms in total. The first-order valence-corrected chi connectivity index (χ1v) is 6.74. The largest absolute Gasteiger partial charge is 0.361 e. The third-order valence-corrected chi connectivity index (χ3v) is 3.22. The van der Waals surface area contributed by atoms with Gasteiger partial charge in [0.15, 0.2) is 0 Å². The van der Waals surface area contributed by atoms with Gasteiger partial charge in [-0.3, -0.25) is 20.4 Å². The summed E-state index contributed by atoms with van der Waals surface area (Å²) in [4.78, 5) is 23.4. The number of nitrogens with one attached hydrogen (secondary N) is 2. The van der Waals surface area contributed by atoms with E-state index in [1.807, 2.05) is 0 Å². The van der Waals surface area contributed by atoms with Crippen molar-refractivity contribution in [1.29, 1.82) is 0 Å². The Morgan fingerprint density at radius 3 is 2.59 bits per heavy atom. The molecule has 0 aliphatic rings. The van der Waals surface area contributed by atoms with Gasteiger partial charge in [0.05, 0.1) is 11.3 Å². The molecule has 0 saturated heterocycles. The number of hydrazine groups is 1. The topological polar surface area (TPSA) is 84.2 Å². The number of carbonyl (C=O) groups excluding carboxylic acids is 2. The fourth-order valence-electron chi connectivity index (χ4n) is 2.00. The zero-order valence-electron chi connectivity index (χ0n) is 12.3. The molecule has 0 fully saturated rings. The highest BCUT2D eigenvalue weighted by molar-refractivity contribution is 5.95. The van der Waals surface area contributed by atoms with Crippen molar-refractivity contribution < 1.29 is 18.5 Å². The van der Waals surface area contributed by atoms with Crippen molar-refractivity contribution >= 4 is 11.8 Å². The second kappa shape index (κ2) is 6.84. The van der Waals surface area contributed by atoms with Gasteiger partial charge in [0, 0.05) is 12.0 Å². The number of carbonyl (C=O) groups is 2. The molecular weight excluding hydrogens is 289 g/mol. The smallest absolute Gasteiger partial charge is 0.272 e. The number of benzene rings is 1. The Morgan fingerprint density at radius 1 is 1.23 bits per heavy atom. The molecule has 0 bridgehead atoms.